The monoisotopic (exact) mass is 378 g/mol. The number of furan rings is 1. The highest BCUT2D eigenvalue weighted by Gasteiger charge is 2.18. The standard InChI is InChI=1S/C22H12ClFO3/c23-13-2-4-15-17-6-5-16(21(24)22(17)27-20(15)10-13)18-8-11-1-3-14(25)7-12(11)9-19(18)26/h1-10,25-26H. The van der Waals surface area contributed by atoms with E-state index in [0.29, 0.717) is 26.9 Å². The van der Waals surface area contributed by atoms with Crippen LogP contribution in [0, 0.1) is 5.82 Å². The first-order chi connectivity index (χ1) is 13.0. The van der Waals surface area contributed by atoms with Crippen LogP contribution in [0.4, 0.5) is 4.39 Å². The summed E-state index contributed by atoms with van der Waals surface area (Å²) in [5.74, 6) is -0.526. The Labute approximate surface area is 157 Å². The van der Waals surface area contributed by atoms with E-state index in [2.05, 4.69) is 0 Å². The molecule has 1 heterocycles. The van der Waals surface area contributed by atoms with Gasteiger partial charge in [0.2, 0.25) is 0 Å². The summed E-state index contributed by atoms with van der Waals surface area (Å²) in [7, 11) is 0. The lowest BCUT2D eigenvalue weighted by Gasteiger charge is -2.09. The Balaban J connectivity index is 1.79. The van der Waals surface area contributed by atoms with Gasteiger partial charge >= 0.3 is 0 Å². The molecular formula is C22H12ClFO3. The van der Waals surface area contributed by atoms with Gasteiger partial charge in [-0.05, 0) is 53.2 Å². The lowest BCUT2D eigenvalue weighted by molar-refractivity contribution is 0.475. The van der Waals surface area contributed by atoms with Crippen LogP contribution in [0.15, 0.2) is 65.1 Å². The maximum atomic E-state index is 15.3. The molecule has 0 unspecified atom stereocenters. The van der Waals surface area contributed by atoms with Crippen molar-refractivity contribution < 1.29 is 19.0 Å². The fourth-order valence-corrected chi connectivity index (χ4v) is 3.64. The number of rotatable bonds is 1. The molecule has 0 aliphatic heterocycles. The van der Waals surface area contributed by atoms with Gasteiger partial charge in [-0.1, -0.05) is 23.7 Å². The molecule has 0 aliphatic rings. The van der Waals surface area contributed by atoms with Gasteiger partial charge < -0.3 is 14.6 Å². The van der Waals surface area contributed by atoms with E-state index in [1.807, 2.05) is 0 Å². The Bertz CT molecular complexity index is 1370. The first kappa shape index (κ1) is 16.0. The summed E-state index contributed by atoms with van der Waals surface area (Å²) in [5, 5.41) is 23.4. The van der Waals surface area contributed by atoms with E-state index in [9.17, 15) is 10.2 Å². The summed E-state index contributed by atoms with van der Waals surface area (Å²) in [5.41, 5.74) is 1.22. The smallest absolute Gasteiger partial charge is 0.174 e. The van der Waals surface area contributed by atoms with Gasteiger partial charge in [0, 0.05) is 33.0 Å². The average Bonchev–Trinajstić information content (AvgIpc) is 3.00. The molecule has 5 rings (SSSR count). The minimum Gasteiger partial charge on any atom is -0.508 e. The maximum Gasteiger partial charge on any atom is 0.174 e. The van der Waals surface area contributed by atoms with Crippen molar-refractivity contribution in [3.05, 3.63) is 71.5 Å². The third kappa shape index (κ3) is 2.41. The molecule has 0 saturated heterocycles. The minimum atomic E-state index is -0.548. The summed E-state index contributed by atoms with van der Waals surface area (Å²) in [6.45, 7) is 0. The van der Waals surface area contributed by atoms with Crippen LogP contribution in [0.1, 0.15) is 0 Å². The number of fused-ring (bicyclic) bond motifs is 4. The third-order valence-corrected chi connectivity index (χ3v) is 5.01. The molecule has 0 spiro atoms. The molecule has 27 heavy (non-hydrogen) atoms. The van der Waals surface area contributed by atoms with Gasteiger partial charge in [0.25, 0.3) is 0 Å². The van der Waals surface area contributed by atoms with Crippen molar-refractivity contribution >= 4 is 44.3 Å². The van der Waals surface area contributed by atoms with Crippen molar-refractivity contribution in [3.63, 3.8) is 0 Å². The van der Waals surface area contributed by atoms with Crippen LogP contribution in [0.3, 0.4) is 0 Å². The summed E-state index contributed by atoms with van der Waals surface area (Å²) < 4.78 is 21.0. The normalized spacial score (nSPS) is 11.6. The van der Waals surface area contributed by atoms with E-state index in [1.165, 1.54) is 6.07 Å². The Hall–Kier alpha value is -3.24. The molecule has 3 nitrogen and oxygen atoms in total. The first-order valence-electron chi connectivity index (χ1n) is 8.27. The molecule has 0 bridgehead atoms. The maximum absolute atomic E-state index is 15.3. The summed E-state index contributed by atoms with van der Waals surface area (Å²) in [6, 6.07) is 16.6. The van der Waals surface area contributed by atoms with Crippen molar-refractivity contribution in [2.24, 2.45) is 0 Å². The van der Waals surface area contributed by atoms with Gasteiger partial charge in [0.05, 0.1) is 0 Å². The largest absolute Gasteiger partial charge is 0.508 e. The summed E-state index contributed by atoms with van der Waals surface area (Å²) >= 11 is 6.00. The van der Waals surface area contributed by atoms with Gasteiger partial charge in [-0.25, -0.2) is 4.39 Å². The predicted molar refractivity (Wildman–Crippen MR) is 105 cm³/mol. The number of hydrogen-bond donors (Lipinski definition) is 2. The summed E-state index contributed by atoms with van der Waals surface area (Å²) in [6.07, 6.45) is 0. The van der Waals surface area contributed by atoms with Gasteiger partial charge in [-0.3, -0.25) is 0 Å². The van der Waals surface area contributed by atoms with E-state index in [4.69, 9.17) is 16.0 Å². The molecule has 1 aromatic heterocycles. The first-order valence-corrected chi connectivity index (χ1v) is 8.65. The van der Waals surface area contributed by atoms with E-state index in [0.717, 1.165) is 10.8 Å². The van der Waals surface area contributed by atoms with Crippen LogP contribution in [0.25, 0.3) is 43.8 Å². The quantitative estimate of drug-likeness (QED) is 0.345. The van der Waals surface area contributed by atoms with Crippen molar-refractivity contribution in [3.8, 4) is 22.6 Å². The highest BCUT2D eigenvalue weighted by molar-refractivity contribution is 6.31. The van der Waals surface area contributed by atoms with E-state index < -0.39 is 5.82 Å². The number of phenolic OH excluding ortho intramolecular Hbond substituents is 2. The Morgan fingerprint density at radius 2 is 1.59 bits per heavy atom. The van der Waals surface area contributed by atoms with E-state index >= 15 is 4.39 Å². The van der Waals surface area contributed by atoms with E-state index in [1.54, 1.807) is 54.6 Å². The topological polar surface area (TPSA) is 53.6 Å². The van der Waals surface area contributed by atoms with E-state index in [-0.39, 0.29) is 22.6 Å². The second-order valence-corrected chi connectivity index (χ2v) is 6.88. The molecule has 4 aromatic carbocycles. The third-order valence-electron chi connectivity index (χ3n) is 4.77. The summed E-state index contributed by atoms with van der Waals surface area (Å²) in [4.78, 5) is 0. The molecule has 132 valence electrons. The highest BCUT2D eigenvalue weighted by Crippen LogP contribution is 2.40. The molecule has 5 aromatic rings. The number of benzene rings is 4. The highest BCUT2D eigenvalue weighted by atomic mass is 35.5. The lowest BCUT2D eigenvalue weighted by atomic mass is 9.98. The fraction of sp³-hybridized carbons (Fsp3) is 0. The van der Waals surface area contributed by atoms with Crippen LogP contribution in [-0.2, 0) is 0 Å². The van der Waals surface area contributed by atoms with Gasteiger partial charge in [-0.2, -0.15) is 0 Å². The zero-order chi connectivity index (χ0) is 18.7. The number of halogens is 2. The van der Waals surface area contributed by atoms with Crippen LogP contribution < -0.4 is 0 Å². The van der Waals surface area contributed by atoms with Crippen molar-refractivity contribution in [2.45, 2.75) is 0 Å². The van der Waals surface area contributed by atoms with Crippen LogP contribution in [0.2, 0.25) is 5.02 Å². The predicted octanol–water partition coefficient (Wildman–Crippen LogP) is 6.61. The number of aromatic hydroxyl groups is 2. The molecular weight excluding hydrogens is 367 g/mol. The fourth-order valence-electron chi connectivity index (χ4n) is 3.48. The molecule has 0 atom stereocenters. The molecule has 0 fully saturated rings. The molecule has 0 saturated carbocycles. The van der Waals surface area contributed by atoms with Crippen molar-refractivity contribution in [1.82, 2.24) is 0 Å². The zero-order valence-electron chi connectivity index (χ0n) is 13.8. The lowest BCUT2D eigenvalue weighted by Crippen LogP contribution is -1.87. The second-order valence-electron chi connectivity index (χ2n) is 6.45. The average molecular weight is 379 g/mol. The number of phenols is 2. The van der Waals surface area contributed by atoms with Crippen LogP contribution >= 0.6 is 11.6 Å². The van der Waals surface area contributed by atoms with Crippen molar-refractivity contribution in [1.29, 1.82) is 0 Å². The Kier molecular flexibility index (Phi) is 3.33. The molecule has 0 aliphatic carbocycles. The number of hydrogen-bond acceptors (Lipinski definition) is 3. The Morgan fingerprint density at radius 1 is 0.778 bits per heavy atom. The Morgan fingerprint density at radius 3 is 2.44 bits per heavy atom. The van der Waals surface area contributed by atoms with Crippen LogP contribution in [0.5, 0.6) is 11.5 Å². The SMILES string of the molecule is Oc1ccc2cc(-c3ccc4c(oc5cc(Cl)ccc54)c3F)c(O)cc2c1. The minimum absolute atomic E-state index is 0.0782. The van der Waals surface area contributed by atoms with Gasteiger partial charge in [-0.15, -0.1) is 0 Å². The zero-order valence-corrected chi connectivity index (χ0v) is 14.6. The van der Waals surface area contributed by atoms with Gasteiger partial charge in [0.1, 0.15) is 17.1 Å². The molecule has 5 heteroatoms. The van der Waals surface area contributed by atoms with Crippen LogP contribution in [-0.4, -0.2) is 10.2 Å². The van der Waals surface area contributed by atoms with Crippen molar-refractivity contribution in [2.75, 3.05) is 0 Å². The second kappa shape index (κ2) is 5.63. The molecule has 0 amide bonds. The molecule has 0 radical (unpaired) electrons. The van der Waals surface area contributed by atoms with Gasteiger partial charge in [0.15, 0.2) is 11.4 Å². The molecule has 2 N–H and O–H groups in total.